The van der Waals surface area contributed by atoms with Gasteiger partial charge in [0.05, 0.1) is 18.7 Å². The van der Waals surface area contributed by atoms with Crippen molar-refractivity contribution >= 4 is 5.97 Å². The lowest BCUT2D eigenvalue weighted by Crippen LogP contribution is -2.24. The minimum Gasteiger partial charge on any atom is -0.466 e. The van der Waals surface area contributed by atoms with Gasteiger partial charge in [-0.3, -0.25) is 0 Å². The minimum atomic E-state index is -4.44. The van der Waals surface area contributed by atoms with E-state index < -0.39 is 24.0 Å². The van der Waals surface area contributed by atoms with E-state index in [2.05, 4.69) is 4.74 Å². The third kappa shape index (κ3) is 6.21. The highest BCUT2D eigenvalue weighted by Crippen LogP contribution is 2.30. The van der Waals surface area contributed by atoms with Crippen molar-refractivity contribution in [1.29, 1.82) is 0 Å². The first-order valence-corrected chi connectivity index (χ1v) is 7.19. The lowest BCUT2D eigenvalue weighted by molar-refractivity contribution is -0.138. The molecule has 0 atom stereocenters. The molecule has 0 aliphatic rings. The molecule has 0 aromatic heterocycles. The Balaban J connectivity index is 3.03. The van der Waals surface area contributed by atoms with Gasteiger partial charge in [0, 0.05) is 13.2 Å². The van der Waals surface area contributed by atoms with Crippen molar-refractivity contribution in [2.45, 2.75) is 26.3 Å². The molecule has 0 amide bonds. The Morgan fingerprint density at radius 2 is 1.67 bits per heavy atom. The summed E-state index contributed by atoms with van der Waals surface area (Å²) in [4.78, 5) is 11.5. The van der Waals surface area contributed by atoms with Crippen LogP contribution in [0.4, 0.5) is 13.2 Å². The van der Waals surface area contributed by atoms with Crippen molar-refractivity contribution in [3.63, 3.8) is 0 Å². The van der Waals surface area contributed by atoms with Gasteiger partial charge < -0.3 is 18.9 Å². The number of esters is 1. The van der Waals surface area contributed by atoms with Crippen LogP contribution in [-0.4, -0.2) is 32.6 Å². The Kier molecular flexibility index (Phi) is 7.73. The third-order valence-electron chi connectivity index (χ3n) is 2.75. The maximum atomic E-state index is 12.6. The number of benzene rings is 1. The third-order valence-corrected chi connectivity index (χ3v) is 2.75. The first-order valence-electron chi connectivity index (χ1n) is 7.19. The van der Waals surface area contributed by atoms with Gasteiger partial charge in [-0.2, -0.15) is 13.2 Å². The summed E-state index contributed by atoms with van der Waals surface area (Å²) in [7, 11) is 1.19. The van der Waals surface area contributed by atoms with Crippen molar-refractivity contribution in [3.05, 3.63) is 41.7 Å². The lowest BCUT2D eigenvalue weighted by atomic mass is 10.2. The zero-order valence-corrected chi connectivity index (χ0v) is 13.6. The molecule has 0 N–H and O–H groups in total. The molecular weight excluding hydrogens is 329 g/mol. The van der Waals surface area contributed by atoms with Crippen LogP contribution in [0.2, 0.25) is 0 Å². The molecule has 1 aromatic rings. The smallest absolute Gasteiger partial charge is 0.416 e. The van der Waals surface area contributed by atoms with E-state index in [0.717, 1.165) is 30.3 Å². The first-order chi connectivity index (χ1) is 11.3. The molecule has 1 rings (SSSR count). The number of halogens is 3. The van der Waals surface area contributed by atoms with E-state index in [1.54, 1.807) is 13.8 Å². The van der Waals surface area contributed by atoms with Crippen LogP contribution in [0.25, 0.3) is 0 Å². The summed E-state index contributed by atoms with van der Waals surface area (Å²) in [6, 6.07) is 4.04. The molecule has 0 bridgehead atoms. The molecule has 5 nitrogen and oxygen atoms in total. The highest BCUT2D eigenvalue weighted by Gasteiger charge is 2.30. The molecule has 24 heavy (non-hydrogen) atoms. The Bertz CT molecular complexity index is 546. The fourth-order valence-electron chi connectivity index (χ4n) is 1.68. The van der Waals surface area contributed by atoms with Crippen molar-refractivity contribution in [2.75, 3.05) is 20.3 Å². The van der Waals surface area contributed by atoms with Crippen LogP contribution in [0, 0.1) is 0 Å². The van der Waals surface area contributed by atoms with E-state index in [1.807, 2.05) is 0 Å². The van der Waals surface area contributed by atoms with Crippen LogP contribution in [0.3, 0.4) is 0 Å². The number of hydrogen-bond donors (Lipinski definition) is 0. The zero-order chi connectivity index (χ0) is 18.2. The average Bonchev–Trinajstić information content (AvgIpc) is 2.53. The molecule has 0 fully saturated rings. The monoisotopic (exact) mass is 348 g/mol. The van der Waals surface area contributed by atoms with Gasteiger partial charge in [-0.15, -0.1) is 0 Å². The predicted molar refractivity (Wildman–Crippen MR) is 79.2 cm³/mol. The molecule has 1 aromatic carbocycles. The van der Waals surface area contributed by atoms with Crippen LogP contribution in [0.1, 0.15) is 19.4 Å². The van der Waals surface area contributed by atoms with Crippen LogP contribution in [0.5, 0.6) is 5.75 Å². The standard InChI is InChI=1S/C16H19F3O5/c1-4-22-15(23-5-2)13(10-14(20)21-3)24-12-8-6-11(7-9-12)16(17,18)19/h6-10,15H,4-5H2,1-3H3. The van der Waals surface area contributed by atoms with Crippen molar-refractivity contribution < 1.29 is 36.9 Å². The molecule has 0 radical (unpaired) electrons. The molecule has 0 unspecified atom stereocenters. The quantitative estimate of drug-likeness (QED) is 0.311. The molecule has 8 heteroatoms. The van der Waals surface area contributed by atoms with Gasteiger partial charge in [-0.25, -0.2) is 4.79 Å². The van der Waals surface area contributed by atoms with Crippen molar-refractivity contribution in [1.82, 2.24) is 0 Å². The first kappa shape index (κ1) is 20.0. The SMILES string of the molecule is CCOC(OCC)C(=CC(=O)OC)Oc1ccc(C(F)(F)F)cc1. The van der Waals surface area contributed by atoms with Gasteiger partial charge >= 0.3 is 12.1 Å². The highest BCUT2D eigenvalue weighted by atomic mass is 19.4. The van der Waals surface area contributed by atoms with Crippen molar-refractivity contribution in [3.8, 4) is 5.75 Å². The van der Waals surface area contributed by atoms with E-state index in [9.17, 15) is 18.0 Å². The van der Waals surface area contributed by atoms with E-state index in [0.29, 0.717) is 0 Å². The molecule has 0 saturated carbocycles. The van der Waals surface area contributed by atoms with Gasteiger partial charge in [0.15, 0.2) is 5.76 Å². The Morgan fingerprint density at radius 1 is 1.12 bits per heavy atom. The van der Waals surface area contributed by atoms with Crippen LogP contribution >= 0.6 is 0 Å². The molecule has 0 saturated heterocycles. The summed E-state index contributed by atoms with van der Waals surface area (Å²) >= 11 is 0. The number of carbonyl (C=O) groups is 1. The molecular formula is C16H19F3O5. The summed E-state index contributed by atoms with van der Waals surface area (Å²) in [5.41, 5.74) is -0.806. The summed E-state index contributed by atoms with van der Waals surface area (Å²) < 4.78 is 58.4. The molecule has 0 aliphatic heterocycles. The van der Waals surface area contributed by atoms with Crippen LogP contribution in [0.15, 0.2) is 36.1 Å². The molecule has 0 aliphatic carbocycles. The number of carbonyl (C=O) groups excluding carboxylic acids is 1. The van der Waals surface area contributed by atoms with E-state index in [4.69, 9.17) is 14.2 Å². The fourth-order valence-corrected chi connectivity index (χ4v) is 1.68. The fraction of sp³-hybridized carbons (Fsp3) is 0.438. The second-order valence-electron chi connectivity index (χ2n) is 4.44. The zero-order valence-electron chi connectivity index (χ0n) is 13.6. The maximum absolute atomic E-state index is 12.6. The number of ether oxygens (including phenoxy) is 4. The van der Waals surface area contributed by atoms with Crippen LogP contribution < -0.4 is 4.74 Å². The van der Waals surface area contributed by atoms with Crippen LogP contribution in [-0.2, 0) is 25.2 Å². The van der Waals surface area contributed by atoms with E-state index in [-0.39, 0.29) is 24.7 Å². The largest absolute Gasteiger partial charge is 0.466 e. The van der Waals surface area contributed by atoms with Gasteiger partial charge in [0.1, 0.15) is 5.75 Å². The number of rotatable bonds is 8. The summed E-state index contributed by atoms with van der Waals surface area (Å²) in [6.07, 6.45) is -4.41. The number of hydrogen-bond acceptors (Lipinski definition) is 5. The van der Waals surface area contributed by atoms with E-state index in [1.165, 1.54) is 7.11 Å². The number of alkyl halides is 3. The molecule has 0 heterocycles. The lowest BCUT2D eigenvalue weighted by Gasteiger charge is -2.20. The van der Waals surface area contributed by atoms with Gasteiger partial charge in [-0.05, 0) is 38.1 Å². The van der Waals surface area contributed by atoms with E-state index >= 15 is 0 Å². The topological polar surface area (TPSA) is 54.0 Å². The normalized spacial score (nSPS) is 12.4. The Hall–Kier alpha value is -2.06. The van der Waals surface area contributed by atoms with Gasteiger partial charge in [0.2, 0.25) is 6.29 Å². The second kappa shape index (κ2) is 9.29. The predicted octanol–water partition coefficient (Wildman–Crippen LogP) is 3.54. The summed E-state index contributed by atoms with van der Waals surface area (Å²) in [5, 5.41) is 0. The molecule has 0 spiro atoms. The average molecular weight is 348 g/mol. The Labute approximate surface area is 138 Å². The summed E-state index contributed by atoms with van der Waals surface area (Å²) in [6.45, 7) is 4.00. The minimum absolute atomic E-state index is 0.0229. The van der Waals surface area contributed by atoms with Crippen molar-refractivity contribution in [2.24, 2.45) is 0 Å². The number of methoxy groups -OCH3 is 1. The van der Waals surface area contributed by atoms with Gasteiger partial charge in [0.25, 0.3) is 0 Å². The summed E-state index contributed by atoms with van der Waals surface area (Å²) in [5.74, 6) is -0.630. The highest BCUT2D eigenvalue weighted by molar-refractivity contribution is 5.82. The van der Waals surface area contributed by atoms with Gasteiger partial charge in [-0.1, -0.05) is 0 Å². The maximum Gasteiger partial charge on any atom is 0.416 e. The second-order valence-corrected chi connectivity index (χ2v) is 4.44. The molecule has 134 valence electrons. The Morgan fingerprint density at radius 3 is 2.08 bits per heavy atom.